The smallest absolute Gasteiger partial charge is 0.257 e. The fourth-order valence-electron chi connectivity index (χ4n) is 3.37. The Labute approximate surface area is 167 Å². The minimum absolute atomic E-state index is 0.0612. The van der Waals surface area contributed by atoms with Crippen molar-refractivity contribution in [3.05, 3.63) is 65.7 Å². The van der Waals surface area contributed by atoms with Crippen molar-refractivity contribution in [2.75, 3.05) is 39.4 Å². The summed E-state index contributed by atoms with van der Waals surface area (Å²) in [7, 11) is 0. The number of nitrogens with zero attached hydrogens (tertiary/aromatic N) is 1. The summed E-state index contributed by atoms with van der Waals surface area (Å²) < 4.78 is 11.4. The summed E-state index contributed by atoms with van der Waals surface area (Å²) >= 11 is 0. The maximum Gasteiger partial charge on any atom is 0.257 e. The van der Waals surface area contributed by atoms with Crippen molar-refractivity contribution in [3.63, 3.8) is 0 Å². The lowest BCUT2D eigenvalue weighted by Gasteiger charge is -2.33. The number of morpholine rings is 1. The van der Waals surface area contributed by atoms with Crippen molar-refractivity contribution in [1.82, 2.24) is 10.2 Å². The molecule has 0 aliphatic carbocycles. The van der Waals surface area contributed by atoms with Crippen LogP contribution in [0.3, 0.4) is 0 Å². The van der Waals surface area contributed by atoms with Crippen molar-refractivity contribution in [2.45, 2.75) is 25.9 Å². The molecule has 1 amide bonds. The molecule has 1 N–H and O–H groups in total. The molecule has 0 saturated carbocycles. The van der Waals surface area contributed by atoms with E-state index in [9.17, 15) is 4.79 Å². The van der Waals surface area contributed by atoms with Crippen LogP contribution in [0.25, 0.3) is 0 Å². The maximum atomic E-state index is 11.9. The normalized spacial score (nSPS) is 17.2. The van der Waals surface area contributed by atoms with Gasteiger partial charge in [0.2, 0.25) is 0 Å². The number of unbranched alkanes of at least 4 members (excludes halogenated alkanes) is 1. The second-order valence-corrected chi connectivity index (χ2v) is 7.23. The van der Waals surface area contributed by atoms with Crippen LogP contribution in [0.2, 0.25) is 0 Å². The van der Waals surface area contributed by atoms with Gasteiger partial charge in [-0.25, -0.2) is 0 Å². The Kier molecular flexibility index (Phi) is 7.88. The van der Waals surface area contributed by atoms with Gasteiger partial charge in [0, 0.05) is 19.6 Å². The molecule has 150 valence electrons. The van der Waals surface area contributed by atoms with Crippen molar-refractivity contribution in [1.29, 1.82) is 0 Å². The molecule has 1 saturated heterocycles. The average molecular weight is 383 g/mol. The molecule has 28 heavy (non-hydrogen) atoms. The summed E-state index contributed by atoms with van der Waals surface area (Å²) in [5, 5.41) is 2.93. The number of aryl methyl sites for hydroxylation is 1. The monoisotopic (exact) mass is 382 g/mol. The molecular formula is C23H30N2O3. The highest BCUT2D eigenvalue weighted by atomic mass is 16.5. The van der Waals surface area contributed by atoms with Gasteiger partial charge in [0.25, 0.3) is 5.91 Å². The molecular weight excluding hydrogens is 352 g/mol. The summed E-state index contributed by atoms with van der Waals surface area (Å²) in [6.45, 7) is 6.45. The molecule has 0 radical (unpaired) electrons. The Balaban J connectivity index is 1.27. The zero-order chi connectivity index (χ0) is 19.6. The van der Waals surface area contributed by atoms with Crippen molar-refractivity contribution >= 4 is 5.91 Å². The molecule has 5 nitrogen and oxygen atoms in total. The van der Waals surface area contributed by atoms with E-state index in [0.29, 0.717) is 6.54 Å². The van der Waals surface area contributed by atoms with Gasteiger partial charge in [-0.05, 0) is 49.6 Å². The van der Waals surface area contributed by atoms with E-state index in [4.69, 9.17) is 9.47 Å². The van der Waals surface area contributed by atoms with Gasteiger partial charge in [-0.15, -0.1) is 0 Å². The third-order valence-corrected chi connectivity index (χ3v) is 4.90. The molecule has 3 rings (SSSR count). The molecule has 1 unspecified atom stereocenters. The van der Waals surface area contributed by atoms with Gasteiger partial charge in [0.15, 0.2) is 6.61 Å². The first kappa shape index (κ1) is 20.4. The van der Waals surface area contributed by atoms with Gasteiger partial charge in [-0.3, -0.25) is 9.69 Å². The SMILES string of the molecule is Cc1cccc(OCC(=O)NCCCCN2CCOC(c3ccccc3)C2)c1. The van der Waals surface area contributed by atoms with E-state index in [0.717, 1.165) is 50.4 Å². The molecule has 0 aromatic heterocycles. The highest BCUT2D eigenvalue weighted by Gasteiger charge is 2.21. The van der Waals surface area contributed by atoms with Gasteiger partial charge >= 0.3 is 0 Å². The number of ether oxygens (including phenoxy) is 2. The van der Waals surface area contributed by atoms with E-state index in [1.54, 1.807) is 0 Å². The fraction of sp³-hybridized carbons (Fsp3) is 0.435. The van der Waals surface area contributed by atoms with Crippen LogP contribution in [0, 0.1) is 6.92 Å². The van der Waals surface area contributed by atoms with E-state index >= 15 is 0 Å². The predicted molar refractivity (Wildman–Crippen MR) is 110 cm³/mol. The molecule has 0 spiro atoms. The summed E-state index contributed by atoms with van der Waals surface area (Å²) in [6, 6.07) is 18.1. The van der Waals surface area contributed by atoms with E-state index in [1.165, 1.54) is 5.56 Å². The zero-order valence-corrected chi connectivity index (χ0v) is 16.6. The number of carbonyl (C=O) groups excluding carboxylic acids is 1. The number of hydrogen-bond donors (Lipinski definition) is 1. The molecule has 1 heterocycles. The molecule has 0 bridgehead atoms. The Morgan fingerprint density at radius 1 is 1.18 bits per heavy atom. The molecule has 1 aliphatic rings. The number of benzene rings is 2. The second-order valence-electron chi connectivity index (χ2n) is 7.23. The highest BCUT2D eigenvalue weighted by molar-refractivity contribution is 5.77. The Morgan fingerprint density at radius 3 is 2.86 bits per heavy atom. The van der Waals surface area contributed by atoms with E-state index in [1.807, 2.05) is 37.3 Å². The van der Waals surface area contributed by atoms with Crippen LogP contribution in [0.15, 0.2) is 54.6 Å². The average Bonchev–Trinajstić information content (AvgIpc) is 2.73. The first-order chi connectivity index (χ1) is 13.7. The molecule has 2 aromatic rings. The van der Waals surface area contributed by atoms with Crippen molar-refractivity contribution < 1.29 is 14.3 Å². The first-order valence-electron chi connectivity index (χ1n) is 10.1. The van der Waals surface area contributed by atoms with Gasteiger partial charge in [-0.1, -0.05) is 42.5 Å². The third-order valence-electron chi connectivity index (χ3n) is 4.90. The standard InChI is InChI=1S/C23H30N2O3/c1-19-8-7-11-21(16-19)28-18-23(26)24-12-5-6-13-25-14-15-27-22(17-25)20-9-3-2-4-10-20/h2-4,7-11,16,22H,5-6,12-15,17-18H2,1H3,(H,24,26). The van der Waals surface area contributed by atoms with E-state index < -0.39 is 0 Å². The Hall–Kier alpha value is -2.37. The van der Waals surface area contributed by atoms with Crippen LogP contribution in [0.1, 0.15) is 30.1 Å². The molecule has 2 aromatic carbocycles. The zero-order valence-electron chi connectivity index (χ0n) is 16.6. The number of carbonyl (C=O) groups is 1. The number of amides is 1. The second kappa shape index (κ2) is 10.8. The van der Waals surface area contributed by atoms with Crippen LogP contribution >= 0.6 is 0 Å². The first-order valence-corrected chi connectivity index (χ1v) is 10.1. The van der Waals surface area contributed by atoms with Gasteiger partial charge in [0.05, 0.1) is 12.7 Å². The number of hydrogen-bond acceptors (Lipinski definition) is 4. The maximum absolute atomic E-state index is 11.9. The van der Waals surface area contributed by atoms with Gasteiger partial charge in [0.1, 0.15) is 5.75 Å². The third kappa shape index (κ3) is 6.66. The lowest BCUT2D eigenvalue weighted by molar-refractivity contribution is -0.123. The highest BCUT2D eigenvalue weighted by Crippen LogP contribution is 2.22. The van der Waals surface area contributed by atoms with Crippen LogP contribution in [-0.4, -0.2) is 50.2 Å². The summed E-state index contributed by atoms with van der Waals surface area (Å²) in [6.07, 6.45) is 2.18. The largest absolute Gasteiger partial charge is 0.484 e. The Bertz CT molecular complexity index is 736. The number of rotatable bonds is 9. The van der Waals surface area contributed by atoms with E-state index in [-0.39, 0.29) is 18.6 Å². The van der Waals surface area contributed by atoms with Crippen LogP contribution in [0.5, 0.6) is 5.75 Å². The molecule has 1 aliphatic heterocycles. The van der Waals surface area contributed by atoms with Gasteiger partial charge < -0.3 is 14.8 Å². The Morgan fingerprint density at radius 2 is 2.04 bits per heavy atom. The topological polar surface area (TPSA) is 50.8 Å². The van der Waals surface area contributed by atoms with E-state index in [2.05, 4.69) is 34.5 Å². The van der Waals surface area contributed by atoms with Crippen LogP contribution in [0.4, 0.5) is 0 Å². The van der Waals surface area contributed by atoms with Crippen LogP contribution in [-0.2, 0) is 9.53 Å². The van der Waals surface area contributed by atoms with Gasteiger partial charge in [-0.2, -0.15) is 0 Å². The van der Waals surface area contributed by atoms with Crippen molar-refractivity contribution in [3.8, 4) is 5.75 Å². The lowest BCUT2D eigenvalue weighted by Crippen LogP contribution is -2.39. The summed E-state index contributed by atoms with van der Waals surface area (Å²) in [4.78, 5) is 14.4. The minimum Gasteiger partial charge on any atom is -0.484 e. The van der Waals surface area contributed by atoms with Crippen molar-refractivity contribution in [2.24, 2.45) is 0 Å². The summed E-state index contributed by atoms with van der Waals surface area (Å²) in [5.41, 5.74) is 2.36. The molecule has 1 fully saturated rings. The molecule has 1 atom stereocenters. The quantitative estimate of drug-likeness (QED) is 0.676. The molecule has 5 heteroatoms. The predicted octanol–water partition coefficient (Wildman–Crippen LogP) is 3.34. The van der Waals surface area contributed by atoms with Crippen LogP contribution < -0.4 is 10.1 Å². The fourth-order valence-corrected chi connectivity index (χ4v) is 3.37. The summed E-state index contributed by atoms with van der Waals surface area (Å²) in [5.74, 6) is 0.660. The minimum atomic E-state index is -0.0722. The lowest BCUT2D eigenvalue weighted by atomic mass is 10.1. The number of nitrogens with one attached hydrogen (secondary N) is 1.